The Labute approximate surface area is 121 Å². The van der Waals surface area contributed by atoms with Gasteiger partial charge in [-0.3, -0.25) is 9.78 Å². The summed E-state index contributed by atoms with van der Waals surface area (Å²) in [6, 6.07) is 3.38. The maximum atomic E-state index is 12.1. The molecule has 100 valence electrons. The van der Waals surface area contributed by atoms with Crippen LogP contribution in [0.1, 0.15) is 42.0 Å². The summed E-state index contributed by atoms with van der Waals surface area (Å²) in [7, 11) is 0. The van der Waals surface area contributed by atoms with Crippen LogP contribution in [0.5, 0.6) is 0 Å². The van der Waals surface area contributed by atoms with Crippen LogP contribution in [0.15, 0.2) is 23.7 Å². The molecule has 0 unspecified atom stereocenters. The van der Waals surface area contributed by atoms with E-state index in [9.17, 15) is 4.79 Å². The Morgan fingerprint density at radius 1 is 1.42 bits per heavy atom. The van der Waals surface area contributed by atoms with Crippen molar-refractivity contribution >= 4 is 28.7 Å². The molecule has 2 aromatic heterocycles. The Morgan fingerprint density at radius 3 is 2.74 bits per heavy atom. The summed E-state index contributed by atoms with van der Waals surface area (Å²) in [5.74, 6) is -0.0968. The second kappa shape index (κ2) is 5.39. The van der Waals surface area contributed by atoms with Gasteiger partial charge in [0.2, 0.25) is 0 Å². The van der Waals surface area contributed by atoms with E-state index in [1.807, 2.05) is 5.38 Å². The Hall–Kier alpha value is -1.26. The lowest BCUT2D eigenvalue weighted by Gasteiger charge is -2.14. The van der Waals surface area contributed by atoms with E-state index in [2.05, 4.69) is 30.7 Å². The summed E-state index contributed by atoms with van der Waals surface area (Å²) in [5.41, 5.74) is 1.32. The first-order chi connectivity index (χ1) is 8.88. The van der Waals surface area contributed by atoms with Crippen LogP contribution in [-0.4, -0.2) is 15.8 Å². The quantitative estimate of drug-likeness (QED) is 0.806. The molecule has 0 aliphatic carbocycles. The molecule has 0 amide bonds. The molecule has 2 heterocycles. The van der Waals surface area contributed by atoms with Crippen molar-refractivity contribution in [1.82, 2.24) is 9.97 Å². The summed E-state index contributed by atoms with van der Waals surface area (Å²) in [6.45, 7) is 6.30. The van der Waals surface area contributed by atoms with Crippen LogP contribution in [0.2, 0.25) is 5.02 Å². The summed E-state index contributed by atoms with van der Waals surface area (Å²) in [6.07, 6.45) is 1.82. The molecular formula is C14H15ClN2OS. The van der Waals surface area contributed by atoms with Crippen LogP contribution in [0, 0.1) is 0 Å². The predicted molar refractivity (Wildman–Crippen MR) is 78.1 cm³/mol. The molecule has 0 bridgehead atoms. The van der Waals surface area contributed by atoms with Crippen LogP contribution < -0.4 is 0 Å². The van der Waals surface area contributed by atoms with E-state index < -0.39 is 0 Å². The number of carbonyl (C=O) groups excluding carboxylic acids is 1. The fourth-order valence-electron chi connectivity index (χ4n) is 1.55. The number of ketones is 1. The zero-order valence-electron chi connectivity index (χ0n) is 11.1. The van der Waals surface area contributed by atoms with Crippen LogP contribution in [0.4, 0.5) is 0 Å². The Kier molecular flexibility index (Phi) is 4.02. The zero-order valence-corrected chi connectivity index (χ0v) is 12.7. The number of Topliss-reactive ketones (excluding diaryl/α,β-unsaturated/α-hetero) is 1. The van der Waals surface area contributed by atoms with E-state index in [-0.39, 0.29) is 17.6 Å². The lowest BCUT2D eigenvalue weighted by molar-refractivity contribution is 0.0988. The van der Waals surface area contributed by atoms with E-state index in [0.717, 1.165) is 10.7 Å². The highest BCUT2D eigenvalue weighted by molar-refractivity contribution is 7.09. The number of nitrogens with zero attached hydrogens (tertiary/aromatic N) is 2. The van der Waals surface area contributed by atoms with E-state index in [1.165, 1.54) is 11.3 Å². The molecule has 0 aliphatic heterocycles. The van der Waals surface area contributed by atoms with Gasteiger partial charge in [-0.1, -0.05) is 32.4 Å². The minimum absolute atomic E-state index is 0.000436. The fourth-order valence-corrected chi connectivity index (χ4v) is 2.79. The molecule has 0 saturated carbocycles. The summed E-state index contributed by atoms with van der Waals surface area (Å²) >= 11 is 7.47. The van der Waals surface area contributed by atoms with Crippen molar-refractivity contribution in [1.29, 1.82) is 0 Å². The number of halogens is 1. The highest BCUT2D eigenvalue weighted by atomic mass is 35.5. The zero-order chi connectivity index (χ0) is 14.0. The Bertz CT molecular complexity index is 601. The van der Waals surface area contributed by atoms with Gasteiger partial charge < -0.3 is 0 Å². The molecular weight excluding hydrogens is 280 g/mol. The normalized spacial score (nSPS) is 11.6. The number of aromatic nitrogens is 2. The number of rotatable bonds is 3. The van der Waals surface area contributed by atoms with Gasteiger partial charge in [-0.15, -0.1) is 11.3 Å². The van der Waals surface area contributed by atoms with E-state index in [1.54, 1.807) is 18.3 Å². The van der Waals surface area contributed by atoms with Crippen molar-refractivity contribution in [3.63, 3.8) is 0 Å². The van der Waals surface area contributed by atoms with Crippen molar-refractivity contribution in [2.24, 2.45) is 0 Å². The molecule has 0 atom stereocenters. The van der Waals surface area contributed by atoms with Gasteiger partial charge in [0, 0.05) is 17.0 Å². The third-order valence-electron chi connectivity index (χ3n) is 2.65. The van der Waals surface area contributed by atoms with Gasteiger partial charge in [-0.2, -0.15) is 0 Å². The monoisotopic (exact) mass is 294 g/mol. The smallest absolute Gasteiger partial charge is 0.189 e. The minimum Gasteiger partial charge on any atom is -0.292 e. The number of carbonyl (C=O) groups is 1. The second-order valence-corrected chi connectivity index (χ2v) is 6.66. The van der Waals surface area contributed by atoms with E-state index >= 15 is 0 Å². The lowest BCUT2D eigenvalue weighted by atomic mass is 9.93. The van der Waals surface area contributed by atoms with Crippen LogP contribution in [0.3, 0.4) is 0 Å². The number of pyridine rings is 1. The molecule has 5 heteroatoms. The molecule has 0 aromatic carbocycles. The van der Waals surface area contributed by atoms with Crippen LogP contribution in [-0.2, 0) is 11.8 Å². The van der Waals surface area contributed by atoms with Gasteiger partial charge in [0.15, 0.2) is 5.78 Å². The second-order valence-electron chi connectivity index (χ2n) is 5.31. The van der Waals surface area contributed by atoms with Gasteiger partial charge in [-0.25, -0.2) is 4.98 Å². The average molecular weight is 295 g/mol. The van der Waals surface area contributed by atoms with E-state index in [4.69, 9.17) is 11.6 Å². The summed E-state index contributed by atoms with van der Waals surface area (Å²) < 4.78 is 0. The third kappa shape index (κ3) is 3.39. The fraction of sp³-hybridized carbons (Fsp3) is 0.357. The number of hydrogen-bond acceptors (Lipinski definition) is 4. The summed E-state index contributed by atoms with van der Waals surface area (Å²) in [5, 5.41) is 3.19. The molecule has 0 N–H and O–H groups in total. The first-order valence-electron chi connectivity index (χ1n) is 5.96. The first kappa shape index (κ1) is 14.2. The molecule has 0 radical (unpaired) electrons. The van der Waals surface area contributed by atoms with Crippen molar-refractivity contribution in [3.05, 3.63) is 45.1 Å². The first-order valence-corrected chi connectivity index (χ1v) is 7.22. The van der Waals surface area contributed by atoms with Crippen LogP contribution >= 0.6 is 22.9 Å². The minimum atomic E-state index is -0.0968. The molecule has 0 saturated heterocycles. The standard InChI is InChI=1S/C14H15ClN2OS/c1-14(2,3)11-8-19-12(17-11)7-10(18)13-9(15)5-4-6-16-13/h4-6,8H,7H2,1-3H3. The topological polar surface area (TPSA) is 42.9 Å². The van der Waals surface area contributed by atoms with Crippen molar-refractivity contribution in [2.45, 2.75) is 32.6 Å². The van der Waals surface area contributed by atoms with Crippen molar-refractivity contribution < 1.29 is 4.79 Å². The Balaban J connectivity index is 2.16. The molecule has 0 spiro atoms. The molecule has 19 heavy (non-hydrogen) atoms. The number of hydrogen-bond donors (Lipinski definition) is 0. The number of thiazole rings is 1. The maximum Gasteiger partial charge on any atom is 0.189 e. The van der Waals surface area contributed by atoms with Gasteiger partial charge in [0.25, 0.3) is 0 Å². The summed E-state index contributed by atoms with van der Waals surface area (Å²) in [4.78, 5) is 20.6. The SMILES string of the molecule is CC(C)(C)c1csc(CC(=O)c2ncccc2Cl)n1. The molecule has 2 rings (SSSR count). The highest BCUT2D eigenvalue weighted by Crippen LogP contribution is 2.25. The van der Waals surface area contributed by atoms with Gasteiger partial charge >= 0.3 is 0 Å². The average Bonchev–Trinajstić information content (AvgIpc) is 2.77. The molecule has 2 aromatic rings. The third-order valence-corrected chi connectivity index (χ3v) is 3.81. The predicted octanol–water partition coefficient (Wildman–Crippen LogP) is 3.91. The van der Waals surface area contributed by atoms with Gasteiger partial charge in [0.05, 0.1) is 17.1 Å². The van der Waals surface area contributed by atoms with Crippen molar-refractivity contribution in [2.75, 3.05) is 0 Å². The lowest BCUT2D eigenvalue weighted by Crippen LogP contribution is -2.12. The van der Waals surface area contributed by atoms with Gasteiger partial charge in [0.1, 0.15) is 10.7 Å². The molecule has 3 nitrogen and oxygen atoms in total. The molecule has 0 fully saturated rings. The van der Waals surface area contributed by atoms with Crippen molar-refractivity contribution in [3.8, 4) is 0 Å². The van der Waals surface area contributed by atoms with Crippen LogP contribution in [0.25, 0.3) is 0 Å². The Morgan fingerprint density at radius 2 is 2.16 bits per heavy atom. The highest BCUT2D eigenvalue weighted by Gasteiger charge is 2.19. The van der Waals surface area contributed by atoms with Gasteiger partial charge in [-0.05, 0) is 12.1 Å². The maximum absolute atomic E-state index is 12.1. The largest absolute Gasteiger partial charge is 0.292 e. The van der Waals surface area contributed by atoms with E-state index in [0.29, 0.717) is 10.7 Å². The molecule has 0 aliphatic rings.